The zero-order chi connectivity index (χ0) is 14.5. The highest BCUT2D eigenvalue weighted by atomic mass is 32.2. The number of carbonyl (C=O) groups excluding carboxylic acids is 2. The lowest BCUT2D eigenvalue weighted by Gasteiger charge is -2.05. The highest BCUT2D eigenvalue weighted by Gasteiger charge is 2.26. The van der Waals surface area contributed by atoms with Crippen molar-refractivity contribution in [3.05, 3.63) is 35.4 Å². The average Bonchev–Trinajstić information content (AvgIpc) is 2.87. The Morgan fingerprint density at radius 1 is 1.40 bits per heavy atom. The minimum atomic E-state index is -0.540. The summed E-state index contributed by atoms with van der Waals surface area (Å²) in [5.74, 6) is 0.507. The van der Waals surface area contributed by atoms with E-state index in [2.05, 4.69) is 10.3 Å². The fourth-order valence-corrected chi connectivity index (χ4v) is 2.64. The van der Waals surface area contributed by atoms with Crippen molar-refractivity contribution in [3.63, 3.8) is 0 Å². The molecule has 6 heteroatoms. The van der Waals surface area contributed by atoms with E-state index in [4.69, 9.17) is 4.74 Å². The second-order valence-corrected chi connectivity index (χ2v) is 5.35. The van der Waals surface area contributed by atoms with Crippen LogP contribution in [0.5, 0.6) is 0 Å². The molecule has 0 radical (unpaired) electrons. The van der Waals surface area contributed by atoms with Gasteiger partial charge in [-0.3, -0.25) is 10.1 Å². The van der Waals surface area contributed by atoms with Crippen LogP contribution < -0.4 is 5.32 Å². The van der Waals surface area contributed by atoms with Crippen LogP contribution in [-0.4, -0.2) is 35.4 Å². The number of hydrogen-bond donors (Lipinski definition) is 1. The molecule has 0 spiro atoms. The number of rotatable bonds is 3. The minimum Gasteiger partial charge on any atom is -0.450 e. The van der Waals surface area contributed by atoms with E-state index in [-0.39, 0.29) is 5.78 Å². The molecule has 1 unspecified atom stereocenters. The number of ether oxygens (including phenoxy) is 1. The van der Waals surface area contributed by atoms with Gasteiger partial charge in [0.2, 0.25) is 0 Å². The van der Waals surface area contributed by atoms with E-state index in [1.165, 1.54) is 11.8 Å². The van der Waals surface area contributed by atoms with E-state index in [0.717, 1.165) is 5.56 Å². The second kappa shape index (κ2) is 6.56. The number of aliphatic imine (C=N–C) groups is 1. The van der Waals surface area contributed by atoms with E-state index in [9.17, 15) is 9.59 Å². The highest BCUT2D eigenvalue weighted by Crippen LogP contribution is 2.20. The van der Waals surface area contributed by atoms with E-state index in [1.54, 1.807) is 19.1 Å². The van der Waals surface area contributed by atoms with Crippen molar-refractivity contribution in [2.24, 2.45) is 4.99 Å². The molecule has 0 fully saturated rings. The predicted molar refractivity (Wildman–Crippen MR) is 79.3 cm³/mol. The molecule has 1 N–H and O–H groups in total. The van der Waals surface area contributed by atoms with Gasteiger partial charge in [0, 0.05) is 11.3 Å². The second-order valence-electron chi connectivity index (χ2n) is 4.34. The third-order valence-electron chi connectivity index (χ3n) is 2.77. The fourth-order valence-electron chi connectivity index (χ4n) is 1.74. The van der Waals surface area contributed by atoms with Gasteiger partial charge < -0.3 is 4.74 Å². The van der Waals surface area contributed by atoms with Gasteiger partial charge >= 0.3 is 6.09 Å². The summed E-state index contributed by atoms with van der Waals surface area (Å²) in [5.41, 5.74) is 1.75. The number of thioether (sulfide) groups is 1. The van der Waals surface area contributed by atoms with Gasteiger partial charge in [0.15, 0.2) is 11.0 Å². The molecule has 20 heavy (non-hydrogen) atoms. The number of Topliss-reactive ketones (excluding diaryl/α,β-unsaturated/α-hetero) is 1. The molecule has 0 aromatic heterocycles. The monoisotopic (exact) mass is 292 g/mol. The summed E-state index contributed by atoms with van der Waals surface area (Å²) in [6, 6.07) is 6.95. The van der Waals surface area contributed by atoms with Gasteiger partial charge in [-0.25, -0.2) is 9.79 Å². The first-order chi connectivity index (χ1) is 9.60. The zero-order valence-corrected chi connectivity index (χ0v) is 12.2. The summed E-state index contributed by atoms with van der Waals surface area (Å²) >= 11 is 1.35. The Labute approximate surface area is 121 Å². The van der Waals surface area contributed by atoms with E-state index < -0.39 is 12.1 Å². The van der Waals surface area contributed by atoms with E-state index in [0.29, 0.717) is 23.1 Å². The molecule has 0 aliphatic carbocycles. The number of benzene rings is 1. The molecule has 1 aliphatic rings. The standard InChI is InChI=1S/C14H16N2O3S/c1-3-19-14(18)16-13-15-11(8-20-13)12(17)10-6-4-9(2)5-7-10/h4-7,11H,3,8H2,1-2H3,(H,15,16,18). The molecule has 1 atom stereocenters. The Morgan fingerprint density at radius 3 is 2.75 bits per heavy atom. The van der Waals surface area contributed by atoms with Crippen molar-refractivity contribution in [3.8, 4) is 0 Å². The number of alkyl carbamates (subject to hydrolysis) is 1. The van der Waals surface area contributed by atoms with Gasteiger partial charge in [0.25, 0.3) is 0 Å². The Balaban J connectivity index is 2.00. The number of amides is 1. The number of carbonyl (C=O) groups is 2. The number of nitrogens with zero attached hydrogens (tertiary/aromatic N) is 1. The maximum absolute atomic E-state index is 12.3. The van der Waals surface area contributed by atoms with Crippen molar-refractivity contribution in [1.29, 1.82) is 0 Å². The normalized spacial score (nSPS) is 17.5. The molecule has 1 aromatic rings. The van der Waals surface area contributed by atoms with Crippen LogP contribution in [0.25, 0.3) is 0 Å². The molecule has 0 saturated carbocycles. The van der Waals surface area contributed by atoms with Crippen LogP contribution in [0.2, 0.25) is 0 Å². The summed E-state index contributed by atoms with van der Waals surface area (Å²) in [4.78, 5) is 27.7. The van der Waals surface area contributed by atoms with Crippen LogP contribution in [-0.2, 0) is 4.74 Å². The molecular weight excluding hydrogens is 276 g/mol. The van der Waals surface area contributed by atoms with Gasteiger partial charge in [-0.15, -0.1) is 0 Å². The maximum Gasteiger partial charge on any atom is 0.413 e. The van der Waals surface area contributed by atoms with Gasteiger partial charge in [-0.05, 0) is 13.8 Å². The number of nitrogens with one attached hydrogen (secondary N) is 1. The lowest BCUT2D eigenvalue weighted by atomic mass is 10.0. The third kappa shape index (κ3) is 3.60. The van der Waals surface area contributed by atoms with Crippen molar-refractivity contribution < 1.29 is 14.3 Å². The van der Waals surface area contributed by atoms with E-state index >= 15 is 0 Å². The lowest BCUT2D eigenvalue weighted by Crippen LogP contribution is -2.28. The quantitative estimate of drug-likeness (QED) is 0.869. The van der Waals surface area contributed by atoms with Gasteiger partial charge in [-0.1, -0.05) is 41.6 Å². The van der Waals surface area contributed by atoms with Crippen molar-refractivity contribution >= 4 is 28.8 Å². The Bertz CT molecular complexity index is 540. The molecular formula is C14H16N2O3S. The Morgan fingerprint density at radius 2 is 2.10 bits per heavy atom. The first-order valence-corrected chi connectivity index (χ1v) is 7.34. The van der Waals surface area contributed by atoms with Crippen molar-refractivity contribution in [2.45, 2.75) is 19.9 Å². The minimum absolute atomic E-state index is 0.0295. The third-order valence-corrected chi connectivity index (χ3v) is 3.74. The van der Waals surface area contributed by atoms with Crippen LogP contribution in [0.15, 0.2) is 29.3 Å². The molecule has 5 nitrogen and oxygen atoms in total. The number of hydrogen-bond acceptors (Lipinski definition) is 5. The van der Waals surface area contributed by atoms with Crippen LogP contribution >= 0.6 is 11.8 Å². The SMILES string of the molecule is CCOC(=O)NC1=NC(C(=O)c2ccc(C)cc2)CS1. The topological polar surface area (TPSA) is 67.8 Å². The van der Waals surface area contributed by atoms with Gasteiger partial charge in [0.1, 0.15) is 6.04 Å². The van der Waals surface area contributed by atoms with Gasteiger partial charge in [-0.2, -0.15) is 0 Å². The van der Waals surface area contributed by atoms with Crippen molar-refractivity contribution in [2.75, 3.05) is 12.4 Å². The summed E-state index contributed by atoms with van der Waals surface area (Å²) in [6.07, 6.45) is -0.540. The van der Waals surface area contributed by atoms with Crippen LogP contribution in [0.1, 0.15) is 22.8 Å². The Kier molecular flexibility index (Phi) is 4.79. The smallest absolute Gasteiger partial charge is 0.413 e. The molecule has 1 aliphatic heterocycles. The van der Waals surface area contributed by atoms with Crippen molar-refractivity contribution in [1.82, 2.24) is 5.32 Å². The molecule has 0 saturated heterocycles. The summed E-state index contributed by atoms with van der Waals surface area (Å²) < 4.78 is 4.77. The molecule has 106 valence electrons. The zero-order valence-electron chi connectivity index (χ0n) is 11.4. The first kappa shape index (κ1) is 14.6. The lowest BCUT2D eigenvalue weighted by molar-refractivity contribution is 0.0971. The summed E-state index contributed by atoms with van der Waals surface area (Å²) in [7, 11) is 0. The largest absolute Gasteiger partial charge is 0.450 e. The molecule has 1 amide bonds. The number of aryl methyl sites for hydroxylation is 1. The molecule has 1 heterocycles. The predicted octanol–water partition coefficient (Wildman–Crippen LogP) is 2.40. The van der Waals surface area contributed by atoms with E-state index in [1.807, 2.05) is 19.1 Å². The maximum atomic E-state index is 12.3. The highest BCUT2D eigenvalue weighted by molar-refractivity contribution is 8.14. The number of amidine groups is 1. The Hall–Kier alpha value is -1.82. The fraction of sp³-hybridized carbons (Fsp3) is 0.357. The van der Waals surface area contributed by atoms with Crippen LogP contribution in [0.3, 0.4) is 0 Å². The molecule has 2 rings (SSSR count). The molecule has 0 bridgehead atoms. The van der Waals surface area contributed by atoms with Crippen LogP contribution in [0, 0.1) is 6.92 Å². The molecule has 1 aromatic carbocycles. The van der Waals surface area contributed by atoms with Gasteiger partial charge in [0.05, 0.1) is 6.61 Å². The number of ketones is 1. The van der Waals surface area contributed by atoms with Crippen LogP contribution in [0.4, 0.5) is 4.79 Å². The summed E-state index contributed by atoms with van der Waals surface area (Å²) in [6.45, 7) is 4.00. The average molecular weight is 292 g/mol. The first-order valence-electron chi connectivity index (χ1n) is 6.35. The summed E-state index contributed by atoms with van der Waals surface area (Å²) in [5, 5.41) is 2.96.